The second-order valence-corrected chi connectivity index (χ2v) is 10.5. The van der Waals surface area contributed by atoms with Crippen LogP contribution < -0.4 is 5.32 Å². The highest BCUT2D eigenvalue weighted by Gasteiger charge is 2.33. The molecule has 3 heterocycles. The summed E-state index contributed by atoms with van der Waals surface area (Å²) < 4.78 is 25.2. The number of hydrogen-bond donors (Lipinski definition) is 1. The lowest BCUT2D eigenvalue weighted by Crippen LogP contribution is -2.40. The Kier molecular flexibility index (Phi) is 4.94. The molecule has 0 bridgehead atoms. The van der Waals surface area contributed by atoms with Gasteiger partial charge >= 0.3 is 0 Å². The highest BCUT2D eigenvalue weighted by molar-refractivity contribution is 8.00. The Hall–Kier alpha value is -1.94. The molecule has 2 aromatic heterocycles. The van der Waals surface area contributed by atoms with Gasteiger partial charge in [-0.15, -0.1) is 10.2 Å². The Morgan fingerprint density at radius 2 is 2.00 bits per heavy atom. The molecule has 1 saturated carbocycles. The quantitative estimate of drug-likeness (QED) is 0.722. The van der Waals surface area contributed by atoms with Gasteiger partial charge in [-0.25, -0.2) is 8.42 Å². The molecule has 0 unspecified atom stereocenters. The fourth-order valence-electron chi connectivity index (χ4n) is 3.16. The lowest BCUT2D eigenvalue weighted by molar-refractivity contribution is -0.120. The molecule has 2 aliphatic rings. The Morgan fingerprint density at radius 1 is 1.26 bits per heavy atom. The highest BCUT2D eigenvalue weighted by atomic mass is 32.2. The van der Waals surface area contributed by atoms with Crippen molar-refractivity contribution in [3.8, 4) is 11.4 Å². The van der Waals surface area contributed by atoms with Crippen LogP contribution in [0.4, 0.5) is 0 Å². The van der Waals surface area contributed by atoms with E-state index in [1.54, 1.807) is 12.4 Å². The van der Waals surface area contributed by atoms with Gasteiger partial charge in [0.15, 0.2) is 20.8 Å². The zero-order chi connectivity index (χ0) is 19.0. The van der Waals surface area contributed by atoms with Gasteiger partial charge in [-0.2, -0.15) is 0 Å². The van der Waals surface area contributed by atoms with Crippen molar-refractivity contribution < 1.29 is 13.2 Å². The van der Waals surface area contributed by atoms with Crippen LogP contribution in [0.2, 0.25) is 0 Å². The molecule has 2 atom stereocenters. The first-order chi connectivity index (χ1) is 12.9. The van der Waals surface area contributed by atoms with Gasteiger partial charge in [0.1, 0.15) is 0 Å². The summed E-state index contributed by atoms with van der Waals surface area (Å²) in [4.78, 5) is 16.5. The average molecular weight is 408 g/mol. The van der Waals surface area contributed by atoms with E-state index in [1.165, 1.54) is 11.8 Å². The first kappa shape index (κ1) is 18.4. The van der Waals surface area contributed by atoms with Crippen LogP contribution in [0.3, 0.4) is 0 Å². The maximum absolute atomic E-state index is 12.5. The van der Waals surface area contributed by atoms with E-state index in [-0.39, 0.29) is 28.7 Å². The van der Waals surface area contributed by atoms with Crippen molar-refractivity contribution in [3.63, 3.8) is 0 Å². The number of carbonyl (C=O) groups excluding carboxylic acids is 1. The molecular weight excluding hydrogens is 386 g/mol. The summed E-state index contributed by atoms with van der Waals surface area (Å²) in [5.41, 5.74) is 0.949. The highest BCUT2D eigenvalue weighted by Crippen LogP contribution is 2.41. The molecule has 0 spiro atoms. The van der Waals surface area contributed by atoms with E-state index in [2.05, 4.69) is 25.1 Å². The van der Waals surface area contributed by atoms with Crippen LogP contribution in [0.25, 0.3) is 11.4 Å². The number of thioether (sulfide) groups is 1. The minimum atomic E-state index is -3.02. The summed E-state index contributed by atoms with van der Waals surface area (Å²) in [6, 6.07) is 3.86. The van der Waals surface area contributed by atoms with Crippen LogP contribution in [0.15, 0.2) is 29.7 Å². The summed E-state index contributed by atoms with van der Waals surface area (Å²) >= 11 is 1.36. The number of pyridine rings is 1. The summed E-state index contributed by atoms with van der Waals surface area (Å²) in [7, 11) is -3.02. The molecule has 10 heteroatoms. The zero-order valence-electron chi connectivity index (χ0n) is 14.9. The number of hydrogen-bond acceptors (Lipinski definition) is 7. The molecule has 0 aromatic carbocycles. The van der Waals surface area contributed by atoms with E-state index in [9.17, 15) is 13.2 Å². The van der Waals surface area contributed by atoms with E-state index >= 15 is 0 Å². The molecule has 27 heavy (non-hydrogen) atoms. The third-order valence-corrected chi connectivity index (χ3v) is 7.57. The molecule has 2 fully saturated rings. The second kappa shape index (κ2) is 7.23. The Balaban J connectivity index is 1.48. The first-order valence-corrected chi connectivity index (χ1v) is 11.7. The molecule has 144 valence electrons. The number of nitrogens with one attached hydrogen (secondary N) is 1. The number of nitrogens with zero attached hydrogens (tertiary/aromatic N) is 4. The van der Waals surface area contributed by atoms with Crippen molar-refractivity contribution in [1.29, 1.82) is 0 Å². The fourth-order valence-corrected chi connectivity index (χ4v) is 5.76. The van der Waals surface area contributed by atoms with Crippen LogP contribution in [-0.2, 0) is 14.6 Å². The van der Waals surface area contributed by atoms with E-state index in [0.29, 0.717) is 17.6 Å². The van der Waals surface area contributed by atoms with E-state index in [1.807, 2.05) is 19.1 Å². The molecule has 1 aliphatic carbocycles. The van der Waals surface area contributed by atoms with Crippen LogP contribution in [0.1, 0.15) is 32.2 Å². The number of rotatable bonds is 6. The lowest BCUT2D eigenvalue weighted by atomic mass is 10.2. The maximum Gasteiger partial charge on any atom is 0.233 e. The minimum absolute atomic E-state index is 0.0283. The Labute approximate surface area is 162 Å². The number of carbonyl (C=O) groups is 1. The summed E-state index contributed by atoms with van der Waals surface area (Å²) in [5, 5.41) is 11.8. The second-order valence-electron chi connectivity index (χ2n) is 7.01. The van der Waals surface area contributed by atoms with Gasteiger partial charge in [0.25, 0.3) is 0 Å². The fraction of sp³-hybridized carbons (Fsp3) is 0.529. The van der Waals surface area contributed by atoms with Crippen LogP contribution in [-0.4, -0.2) is 56.9 Å². The van der Waals surface area contributed by atoms with Crippen molar-refractivity contribution in [2.24, 2.45) is 0 Å². The van der Waals surface area contributed by atoms with Crippen molar-refractivity contribution in [3.05, 3.63) is 24.5 Å². The van der Waals surface area contributed by atoms with Crippen molar-refractivity contribution in [2.75, 3.05) is 11.5 Å². The Morgan fingerprint density at radius 3 is 2.63 bits per heavy atom. The predicted molar refractivity (Wildman–Crippen MR) is 102 cm³/mol. The summed E-state index contributed by atoms with van der Waals surface area (Å²) in [6.45, 7) is 1.81. The number of sulfone groups is 1. The third kappa shape index (κ3) is 4.16. The van der Waals surface area contributed by atoms with Gasteiger partial charge in [-0.3, -0.25) is 14.3 Å². The zero-order valence-corrected chi connectivity index (χ0v) is 16.5. The van der Waals surface area contributed by atoms with E-state index in [4.69, 9.17) is 0 Å². The Bertz CT molecular complexity index is 941. The number of amides is 1. The molecular formula is C17H21N5O3S2. The molecule has 0 radical (unpaired) electrons. The molecule has 8 nitrogen and oxygen atoms in total. The van der Waals surface area contributed by atoms with Crippen molar-refractivity contribution in [1.82, 2.24) is 25.1 Å². The van der Waals surface area contributed by atoms with E-state index in [0.717, 1.165) is 24.2 Å². The molecule has 1 saturated heterocycles. The van der Waals surface area contributed by atoms with Crippen LogP contribution in [0, 0.1) is 0 Å². The minimum Gasteiger partial charge on any atom is -0.351 e. The SMILES string of the molecule is C[C@@H](Sc1nnc(-c2ccncc2)n1C1CC1)C(=O)N[C@H]1CCS(=O)(=O)C1. The van der Waals surface area contributed by atoms with Crippen molar-refractivity contribution in [2.45, 2.75) is 48.7 Å². The smallest absolute Gasteiger partial charge is 0.233 e. The molecule has 2 aromatic rings. The average Bonchev–Trinajstić information content (AvgIpc) is 3.31. The largest absolute Gasteiger partial charge is 0.351 e. The molecule has 1 N–H and O–H groups in total. The third-order valence-electron chi connectivity index (χ3n) is 4.75. The van der Waals surface area contributed by atoms with Crippen LogP contribution >= 0.6 is 11.8 Å². The normalized spacial score (nSPS) is 22.5. The maximum atomic E-state index is 12.5. The van der Waals surface area contributed by atoms with Crippen LogP contribution in [0.5, 0.6) is 0 Å². The summed E-state index contributed by atoms with van der Waals surface area (Å²) in [5.74, 6) is 0.792. The summed E-state index contributed by atoms with van der Waals surface area (Å²) in [6.07, 6.45) is 6.07. The topological polar surface area (TPSA) is 107 Å². The van der Waals surface area contributed by atoms with Crippen molar-refractivity contribution >= 4 is 27.5 Å². The molecule has 4 rings (SSSR count). The van der Waals surface area contributed by atoms with Gasteiger partial charge in [0.2, 0.25) is 5.91 Å². The lowest BCUT2D eigenvalue weighted by Gasteiger charge is -2.16. The van der Waals surface area contributed by atoms with E-state index < -0.39 is 9.84 Å². The van der Waals surface area contributed by atoms with Gasteiger partial charge in [-0.1, -0.05) is 11.8 Å². The van der Waals surface area contributed by atoms with Gasteiger partial charge < -0.3 is 5.32 Å². The monoisotopic (exact) mass is 407 g/mol. The molecule has 1 amide bonds. The predicted octanol–water partition coefficient (Wildman–Crippen LogP) is 1.46. The standard InChI is InChI=1S/C17H21N5O3S2/c1-11(16(23)19-13-6-9-27(24,25)10-13)26-17-21-20-15(22(17)14-2-3-14)12-4-7-18-8-5-12/h4-5,7-8,11,13-14H,2-3,6,9-10H2,1H3,(H,19,23)/t11-,13+/m1/s1. The van der Waals surface area contributed by atoms with Gasteiger partial charge in [0.05, 0.1) is 16.8 Å². The van der Waals surface area contributed by atoms with Gasteiger partial charge in [0, 0.05) is 30.0 Å². The van der Waals surface area contributed by atoms with Gasteiger partial charge in [-0.05, 0) is 38.3 Å². The molecule has 1 aliphatic heterocycles. The number of aromatic nitrogens is 4. The first-order valence-electron chi connectivity index (χ1n) is 8.96.